The molecule has 1 N–H and O–H groups in total. The highest BCUT2D eigenvalue weighted by Gasteiger charge is 2.27. The van der Waals surface area contributed by atoms with E-state index in [1.165, 1.54) is 70.8 Å². The number of hydrogen-bond acceptors (Lipinski definition) is 1. The van der Waals surface area contributed by atoms with E-state index in [0.29, 0.717) is 5.41 Å². The third-order valence-electron chi connectivity index (χ3n) is 4.83. The summed E-state index contributed by atoms with van der Waals surface area (Å²) in [5.41, 5.74) is 3.81. The van der Waals surface area contributed by atoms with Gasteiger partial charge in [-0.2, -0.15) is 0 Å². The number of hydrogen-bond donors (Lipinski definition) is 1. The number of rotatable bonds is 9. The quantitative estimate of drug-likeness (QED) is 0.554. The topological polar surface area (TPSA) is 12.0 Å². The molecule has 1 nitrogen and oxygen atoms in total. The van der Waals surface area contributed by atoms with Crippen molar-refractivity contribution in [2.24, 2.45) is 5.41 Å². The molecule has 1 aliphatic heterocycles. The molecule has 1 saturated heterocycles. The smallest absolute Gasteiger partial charge is 0.0147 e. The predicted molar refractivity (Wildman–Crippen MR) is 86.3 cm³/mol. The lowest BCUT2D eigenvalue weighted by molar-refractivity contribution is 0.192. The molecular formula is C18H35N. The van der Waals surface area contributed by atoms with Gasteiger partial charge in [0.05, 0.1) is 0 Å². The molecule has 1 aliphatic rings. The lowest BCUT2D eigenvalue weighted by Crippen LogP contribution is -2.21. The van der Waals surface area contributed by atoms with Gasteiger partial charge in [0.15, 0.2) is 0 Å². The highest BCUT2D eigenvalue weighted by atomic mass is 14.9. The third-order valence-corrected chi connectivity index (χ3v) is 4.83. The van der Waals surface area contributed by atoms with Crippen LogP contribution in [0.25, 0.3) is 0 Å². The molecule has 0 amide bonds. The Morgan fingerprint density at radius 1 is 1.00 bits per heavy atom. The van der Waals surface area contributed by atoms with Gasteiger partial charge < -0.3 is 5.32 Å². The molecule has 1 heterocycles. The number of allylic oxidation sites excluding steroid dienone is 2. The van der Waals surface area contributed by atoms with E-state index >= 15 is 0 Å². The second-order valence-corrected chi connectivity index (χ2v) is 6.54. The summed E-state index contributed by atoms with van der Waals surface area (Å²) in [6, 6.07) is 0. The van der Waals surface area contributed by atoms with Gasteiger partial charge in [-0.25, -0.2) is 0 Å². The maximum Gasteiger partial charge on any atom is 0.0147 e. The third kappa shape index (κ3) is 5.20. The molecule has 0 aromatic rings. The molecule has 0 unspecified atom stereocenters. The van der Waals surface area contributed by atoms with Crippen LogP contribution in [-0.4, -0.2) is 6.54 Å². The zero-order chi connectivity index (χ0) is 14.1. The van der Waals surface area contributed by atoms with Crippen LogP contribution in [-0.2, 0) is 0 Å². The Hall–Kier alpha value is -0.460. The van der Waals surface area contributed by atoms with E-state index in [-0.39, 0.29) is 0 Å². The van der Waals surface area contributed by atoms with Crippen molar-refractivity contribution in [3.8, 4) is 0 Å². The van der Waals surface area contributed by atoms with Crippen molar-refractivity contribution < 1.29 is 0 Å². The molecule has 0 atom stereocenters. The minimum atomic E-state index is 0.624. The van der Waals surface area contributed by atoms with E-state index in [9.17, 15) is 0 Å². The van der Waals surface area contributed by atoms with E-state index < -0.39 is 0 Å². The first-order valence-corrected chi connectivity index (χ1v) is 8.60. The van der Waals surface area contributed by atoms with Crippen LogP contribution in [0.1, 0.15) is 91.9 Å². The van der Waals surface area contributed by atoms with E-state index in [4.69, 9.17) is 0 Å². The monoisotopic (exact) mass is 265 g/mol. The summed E-state index contributed by atoms with van der Waals surface area (Å²) in [5.74, 6) is 0. The Labute approximate surface area is 121 Å². The summed E-state index contributed by atoms with van der Waals surface area (Å²) >= 11 is 0. The van der Waals surface area contributed by atoms with Gasteiger partial charge in [-0.15, -0.1) is 0 Å². The van der Waals surface area contributed by atoms with Crippen LogP contribution in [0.4, 0.5) is 0 Å². The van der Waals surface area contributed by atoms with Gasteiger partial charge >= 0.3 is 0 Å². The van der Waals surface area contributed by atoms with Gasteiger partial charge in [0.25, 0.3) is 0 Å². The SMILES string of the molecule is CCCC(CCC)(CCC)CC/C(C)=C1/CCCN1. The van der Waals surface area contributed by atoms with Gasteiger partial charge in [-0.05, 0) is 57.3 Å². The minimum absolute atomic E-state index is 0.624. The van der Waals surface area contributed by atoms with Gasteiger partial charge in [0.2, 0.25) is 0 Å². The lowest BCUT2D eigenvalue weighted by atomic mass is 9.72. The van der Waals surface area contributed by atoms with Gasteiger partial charge in [0, 0.05) is 12.2 Å². The van der Waals surface area contributed by atoms with Crippen molar-refractivity contribution in [3.05, 3.63) is 11.3 Å². The molecule has 0 radical (unpaired) electrons. The van der Waals surface area contributed by atoms with Crippen LogP contribution in [0.2, 0.25) is 0 Å². The van der Waals surface area contributed by atoms with E-state index in [0.717, 1.165) is 0 Å². The Morgan fingerprint density at radius 2 is 1.58 bits per heavy atom. The minimum Gasteiger partial charge on any atom is -0.388 e. The average molecular weight is 265 g/mol. The molecule has 0 aromatic carbocycles. The van der Waals surface area contributed by atoms with Crippen LogP contribution in [0, 0.1) is 5.41 Å². The summed E-state index contributed by atoms with van der Waals surface area (Å²) in [6.45, 7) is 10.6. The number of nitrogens with one attached hydrogen (secondary N) is 1. The van der Waals surface area contributed by atoms with Crippen molar-refractivity contribution in [3.63, 3.8) is 0 Å². The van der Waals surface area contributed by atoms with Gasteiger partial charge in [-0.3, -0.25) is 0 Å². The second-order valence-electron chi connectivity index (χ2n) is 6.54. The molecule has 0 aliphatic carbocycles. The van der Waals surface area contributed by atoms with E-state index in [2.05, 4.69) is 33.0 Å². The molecule has 0 bridgehead atoms. The van der Waals surface area contributed by atoms with Crippen LogP contribution in [0.15, 0.2) is 11.3 Å². The lowest BCUT2D eigenvalue weighted by Gasteiger charge is -2.34. The summed E-state index contributed by atoms with van der Waals surface area (Å²) in [4.78, 5) is 0. The van der Waals surface area contributed by atoms with Gasteiger partial charge in [0.1, 0.15) is 0 Å². The van der Waals surface area contributed by atoms with Crippen molar-refractivity contribution in [2.45, 2.75) is 91.9 Å². The zero-order valence-corrected chi connectivity index (χ0v) is 13.8. The van der Waals surface area contributed by atoms with E-state index in [1.54, 1.807) is 11.3 Å². The highest BCUT2D eigenvalue weighted by Crippen LogP contribution is 2.40. The van der Waals surface area contributed by atoms with Crippen LogP contribution < -0.4 is 5.32 Å². The summed E-state index contributed by atoms with van der Waals surface area (Å²) in [7, 11) is 0. The summed E-state index contributed by atoms with van der Waals surface area (Å²) in [6.07, 6.45) is 13.6. The average Bonchev–Trinajstić information content (AvgIpc) is 2.91. The molecule has 1 rings (SSSR count). The van der Waals surface area contributed by atoms with Crippen molar-refractivity contribution in [1.82, 2.24) is 5.32 Å². The van der Waals surface area contributed by atoms with E-state index in [1.807, 2.05) is 0 Å². The normalized spacial score (nSPS) is 18.5. The first kappa shape index (κ1) is 16.6. The fraction of sp³-hybridized carbons (Fsp3) is 0.889. The van der Waals surface area contributed by atoms with Crippen molar-refractivity contribution in [2.75, 3.05) is 6.54 Å². The molecule has 112 valence electrons. The largest absolute Gasteiger partial charge is 0.388 e. The summed E-state index contributed by atoms with van der Waals surface area (Å²) in [5, 5.41) is 3.57. The first-order valence-electron chi connectivity index (χ1n) is 8.60. The van der Waals surface area contributed by atoms with Gasteiger partial charge in [-0.1, -0.05) is 45.6 Å². The molecule has 1 heteroatoms. The first-order chi connectivity index (χ1) is 9.17. The maximum atomic E-state index is 3.57. The molecule has 0 aromatic heterocycles. The van der Waals surface area contributed by atoms with Crippen molar-refractivity contribution >= 4 is 0 Å². The Morgan fingerprint density at radius 3 is 2.00 bits per heavy atom. The maximum absolute atomic E-state index is 3.57. The Bertz CT molecular complexity index is 252. The predicted octanol–water partition coefficient (Wildman–Crippen LogP) is 5.81. The highest BCUT2D eigenvalue weighted by molar-refractivity contribution is 5.13. The fourth-order valence-corrected chi connectivity index (χ4v) is 3.90. The second kappa shape index (κ2) is 8.66. The molecular weight excluding hydrogens is 230 g/mol. The van der Waals surface area contributed by atoms with Crippen molar-refractivity contribution in [1.29, 1.82) is 0 Å². The molecule has 1 fully saturated rings. The zero-order valence-electron chi connectivity index (χ0n) is 13.8. The fourth-order valence-electron chi connectivity index (χ4n) is 3.90. The molecule has 0 spiro atoms. The molecule has 19 heavy (non-hydrogen) atoms. The Balaban J connectivity index is 2.62. The molecule has 0 saturated carbocycles. The summed E-state index contributed by atoms with van der Waals surface area (Å²) < 4.78 is 0. The standard InChI is InChI=1S/C18H35N/c1-5-11-18(12-6-2,13-7-3)14-10-16(4)17-9-8-15-19-17/h19H,5-15H2,1-4H3/b17-16-. The van der Waals surface area contributed by atoms with Crippen LogP contribution >= 0.6 is 0 Å². The van der Waals surface area contributed by atoms with Crippen LogP contribution in [0.3, 0.4) is 0 Å². The Kier molecular flexibility index (Phi) is 7.56. The van der Waals surface area contributed by atoms with Crippen LogP contribution in [0.5, 0.6) is 0 Å².